The molecule has 1 saturated heterocycles. The number of nitrogens with two attached hydrogens (primary N) is 1. The van der Waals surface area contributed by atoms with Crippen LogP contribution in [-0.2, 0) is 11.3 Å². The second kappa shape index (κ2) is 10.0. The van der Waals surface area contributed by atoms with E-state index >= 15 is 0 Å². The SMILES string of the molecule is Cc1cc(CN2CCN(C(=O)CCC(C)N)CC2)no1.Cl.Cl. The molecule has 2 heterocycles. The summed E-state index contributed by atoms with van der Waals surface area (Å²) in [5.74, 6) is 1.06. The Hall–Kier alpha value is -0.820. The molecule has 1 aromatic rings. The number of carbonyl (C=O) groups excluding carboxylic acids is 1. The van der Waals surface area contributed by atoms with Crippen molar-refractivity contribution < 1.29 is 9.32 Å². The average Bonchev–Trinajstić information content (AvgIpc) is 2.82. The summed E-state index contributed by atoms with van der Waals surface area (Å²) in [5, 5.41) is 4.00. The zero-order valence-corrected chi connectivity index (χ0v) is 14.8. The van der Waals surface area contributed by atoms with Crippen LogP contribution in [0.3, 0.4) is 0 Å². The van der Waals surface area contributed by atoms with Gasteiger partial charge in [0, 0.05) is 51.3 Å². The molecule has 0 radical (unpaired) electrons. The molecule has 1 atom stereocenters. The molecule has 1 aromatic heterocycles. The third-order valence-electron chi connectivity index (χ3n) is 3.60. The van der Waals surface area contributed by atoms with Crippen molar-refractivity contribution in [1.82, 2.24) is 15.0 Å². The summed E-state index contributed by atoms with van der Waals surface area (Å²) < 4.78 is 5.07. The molecular formula is C14H26Cl2N4O2. The summed E-state index contributed by atoms with van der Waals surface area (Å²) in [6.45, 7) is 7.96. The summed E-state index contributed by atoms with van der Waals surface area (Å²) in [4.78, 5) is 16.2. The van der Waals surface area contributed by atoms with E-state index in [9.17, 15) is 4.79 Å². The number of carbonyl (C=O) groups is 1. The fourth-order valence-corrected chi connectivity index (χ4v) is 2.39. The van der Waals surface area contributed by atoms with Crippen LogP contribution in [0.2, 0.25) is 0 Å². The van der Waals surface area contributed by atoms with Gasteiger partial charge in [0.15, 0.2) is 0 Å². The van der Waals surface area contributed by atoms with Gasteiger partial charge in [0.1, 0.15) is 5.76 Å². The molecule has 1 unspecified atom stereocenters. The summed E-state index contributed by atoms with van der Waals surface area (Å²) in [5.41, 5.74) is 6.64. The zero-order chi connectivity index (χ0) is 14.5. The van der Waals surface area contributed by atoms with Gasteiger partial charge in [0.05, 0.1) is 5.69 Å². The van der Waals surface area contributed by atoms with E-state index in [1.54, 1.807) is 0 Å². The fourth-order valence-electron chi connectivity index (χ4n) is 2.39. The van der Waals surface area contributed by atoms with Gasteiger partial charge in [-0.1, -0.05) is 5.16 Å². The predicted octanol–water partition coefficient (Wildman–Crippen LogP) is 1.60. The molecule has 2 rings (SSSR count). The summed E-state index contributed by atoms with van der Waals surface area (Å²) in [7, 11) is 0. The Bertz CT molecular complexity index is 446. The second-order valence-electron chi connectivity index (χ2n) is 5.60. The number of aryl methyl sites for hydroxylation is 1. The first-order valence-electron chi connectivity index (χ1n) is 7.22. The standard InChI is InChI=1S/C14H24N4O2.2ClH/c1-11(15)3-4-14(19)18-7-5-17(6-8-18)10-13-9-12(2)20-16-13;;/h9,11H,3-8,10,15H2,1-2H3;2*1H. The first-order chi connectivity index (χ1) is 9.54. The van der Waals surface area contributed by atoms with E-state index in [0.717, 1.165) is 50.6 Å². The normalized spacial score (nSPS) is 16.6. The van der Waals surface area contributed by atoms with Crippen LogP contribution in [0.5, 0.6) is 0 Å². The molecule has 0 aromatic carbocycles. The van der Waals surface area contributed by atoms with Gasteiger partial charge >= 0.3 is 0 Å². The van der Waals surface area contributed by atoms with Gasteiger partial charge < -0.3 is 15.2 Å². The van der Waals surface area contributed by atoms with Gasteiger partial charge in [-0.25, -0.2) is 0 Å². The quantitative estimate of drug-likeness (QED) is 0.870. The first-order valence-corrected chi connectivity index (χ1v) is 7.22. The molecule has 2 N–H and O–H groups in total. The number of nitrogens with zero attached hydrogens (tertiary/aromatic N) is 3. The molecular weight excluding hydrogens is 327 g/mol. The lowest BCUT2D eigenvalue weighted by Gasteiger charge is -2.34. The number of piperazine rings is 1. The molecule has 22 heavy (non-hydrogen) atoms. The smallest absolute Gasteiger partial charge is 0.222 e. The highest BCUT2D eigenvalue weighted by molar-refractivity contribution is 5.85. The van der Waals surface area contributed by atoms with E-state index in [1.165, 1.54) is 0 Å². The Morgan fingerprint density at radius 1 is 1.36 bits per heavy atom. The van der Waals surface area contributed by atoms with Crippen LogP contribution in [0.4, 0.5) is 0 Å². The fraction of sp³-hybridized carbons (Fsp3) is 0.714. The Kier molecular flexibility index (Phi) is 9.67. The summed E-state index contributed by atoms with van der Waals surface area (Å²) >= 11 is 0. The Morgan fingerprint density at radius 2 is 2.00 bits per heavy atom. The van der Waals surface area contributed by atoms with Gasteiger partial charge in [-0.3, -0.25) is 9.69 Å². The molecule has 6 nitrogen and oxygen atoms in total. The van der Waals surface area contributed by atoms with Crippen molar-refractivity contribution in [3.05, 3.63) is 17.5 Å². The Morgan fingerprint density at radius 3 is 2.50 bits per heavy atom. The van der Waals surface area contributed by atoms with Gasteiger partial charge in [0.2, 0.25) is 5.91 Å². The molecule has 1 aliphatic rings. The maximum Gasteiger partial charge on any atom is 0.222 e. The van der Waals surface area contributed by atoms with E-state index in [1.807, 2.05) is 24.8 Å². The molecule has 0 saturated carbocycles. The number of aromatic nitrogens is 1. The van der Waals surface area contributed by atoms with Crippen LogP contribution < -0.4 is 5.73 Å². The zero-order valence-electron chi connectivity index (χ0n) is 13.2. The van der Waals surface area contributed by atoms with Crippen molar-refractivity contribution in [1.29, 1.82) is 0 Å². The van der Waals surface area contributed by atoms with Crippen molar-refractivity contribution in [3.8, 4) is 0 Å². The van der Waals surface area contributed by atoms with Crippen LogP contribution in [0.15, 0.2) is 10.6 Å². The number of rotatable bonds is 5. The van der Waals surface area contributed by atoms with E-state index in [4.69, 9.17) is 10.3 Å². The monoisotopic (exact) mass is 352 g/mol. The molecule has 0 aliphatic carbocycles. The van der Waals surface area contributed by atoms with Crippen LogP contribution in [0.1, 0.15) is 31.2 Å². The minimum atomic E-state index is 0. The molecule has 0 spiro atoms. The predicted molar refractivity (Wildman–Crippen MR) is 90.5 cm³/mol. The maximum atomic E-state index is 12.0. The van der Waals surface area contributed by atoms with E-state index in [-0.39, 0.29) is 36.8 Å². The minimum absolute atomic E-state index is 0. The third kappa shape index (κ3) is 6.52. The highest BCUT2D eigenvalue weighted by Crippen LogP contribution is 2.10. The highest BCUT2D eigenvalue weighted by atomic mass is 35.5. The Labute approximate surface area is 144 Å². The van der Waals surface area contributed by atoms with E-state index < -0.39 is 0 Å². The first kappa shape index (κ1) is 21.2. The average molecular weight is 353 g/mol. The van der Waals surface area contributed by atoms with E-state index in [2.05, 4.69) is 10.1 Å². The van der Waals surface area contributed by atoms with Crippen molar-refractivity contribution >= 4 is 30.7 Å². The molecule has 128 valence electrons. The molecule has 1 aliphatic heterocycles. The largest absolute Gasteiger partial charge is 0.361 e. The number of hydrogen-bond acceptors (Lipinski definition) is 5. The molecule has 8 heteroatoms. The maximum absolute atomic E-state index is 12.0. The van der Waals surface area contributed by atoms with E-state index in [0.29, 0.717) is 6.42 Å². The number of amides is 1. The number of hydrogen-bond donors (Lipinski definition) is 1. The third-order valence-corrected chi connectivity index (χ3v) is 3.60. The second-order valence-corrected chi connectivity index (χ2v) is 5.60. The summed E-state index contributed by atoms with van der Waals surface area (Å²) in [6, 6.07) is 2.05. The van der Waals surface area contributed by atoms with Gasteiger partial charge in [-0.15, -0.1) is 24.8 Å². The van der Waals surface area contributed by atoms with Crippen molar-refractivity contribution in [2.75, 3.05) is 26.2 Å². The Balaban J connectivity index is 0.00000220. The molecule has 1 amide bonds. The molecule has 0 bridgehead atoms. The van der Waals surface area contributed by atoms with Crippen LogP contribution in [0, 0.1) is 6.92 Å². The highest BCUT2D eigenvalue weighted by Gasteiger charge is 2.21. The minimum Gasteiger partial charge on any atom is -0.361 e. The lowest BCUT2D eigenvalue weighted by Crippen LogP contribution is -2.48. The topological polar surface area (TPSA) is 75.6 Å². The van der Waals surface area contributed by atoms with Crippen molar-refractivity contribution in [2.45, 2.75) is 39.3 Å². The van der Waals surface area contributed by atoms with Gasteiger partial charge in [-0.2, -0.15) is 0 Å². The van der Waals surface area contributed by atoms with Crippen molar-refractivity contribution in [2.24, 2.45) is 5.73 Å². The van der Waals surface area contributed by atoms with Crippen molar-refractivity contribution in [3.63, 3.8) is 0 Å². The van der Waals surface area contributed by atoms with Crippen LogP contribution >= 0.6 is 24.8 Å². The van der Waals surface area contributed by atoms with Gasteiger partial charge in [-0.05, 0) is 20.3 Å². The van der Waals surface area contributed by atoms with Crippen LogP contribution in [-0.4, -0.2) is 53.1 Å². The summed E-state index contributed by atoms with van der Waals surface area (Å²) in [6.07, 6.45) is 1.32. The van der Waals surface area contributed by atoms with Gasteiger partial charge in [0.25, 0.3) is 0 Å². The number of halogens is 2. The molecule has 1 fully saturated rings. The lowest BCUT2D eigenvalue weighted by molar-refractivity contribution is -0.133. The lowest BCUT2D eigenvalue weighted by atomic mass is 10.1. The van der Waals surface area contributed by atoms with Crippen LogP contribution in [0.25, 0.3) is 0 Å².